The van der Waals surface area contributed by atoms with Crippen molar-refractivity contribution in [2.45, 2.75) is 84.8 Å². The Balaban J connectivity index is 0.000000595. The van der Waals surface area contributed by atoms with Gasteiger partial charge in [-0.1, -0.05) is 48.5 Å². The van der Waals surface area contributed by atoms with Gasteiger partial charge < -0.3 is 0 Å². The summed E-state index contributed by atoms with van der Waals surface area (Å²) >= 11 is -0.292. The van der Waals surface area contributed by atoms with Crippen molar-refractivity contribution >= 4 is 21.8 Å². The van der Waals surface area contributed by atoms with Gasteiger partial charge in [-0.3, -0.25) is 0 Å². The van der Waals surface area contributed by atoms with Gasteiger partial charge in [0.25, 0.3) is 0 Å². The van der Waals surface area contributed by atoms with Gasteiger partial charge in [-0.05, 0) is 221 Å². The third-order valence-corrected chi connectivity index (χ3v) is 19.6. The second-order valence-electron chi connectivity index (χ2n) is 16.7. The standard InChI is InChI=1S/C56H52IS2.3ClHO4/c1-37-13-9-17-53(41(37)5)58(54-18-10-14-38(2)42(54)6)51-33-25-47(26-34-51)45-21-29-49(30-22-45)57-50-31-23-46(24-32-50)48-27-35-52(36-28-48)59(55-19-11-15-39(3)43(55)7)56-20-12-16-40(4)44(56)8;3*2-1(3,4)5/h9-36H,1-8H3;3*(H,2,3,4,5)/q+3;;;/p-3. The van der Waals surface area contributed by atoms with Crippen LogP contribution in [0.3, 0.4) is 0 Å². The molecule has 8 aromatic rings. The van der Waals surface area contributed by atoms with E-state index in [0.29, 0.717) is 0 Å². The minimum atomic E-state index is -4.94. The van der Waals surface area contributed by atoms with Crippen LogP contribution >= 0.6 is 0 Å². The van der Waals surface area contributed by atoms with Crippen molar-refractivity contribution < 1.29 is 108 Å². The van der Waals surface area contributed by atoms with Crippen molar-refractivity contribution in [1.29, 1.82) is 0 Å². The summed E-state index contributed by atoms with van der Waals surface area (Å²) in [5.74, 6) is 0. The van der Waals surface area contributed by atoms with E-state index in [1.807, 2.05) is 0 Å². The van der Waals surface area contributed by atoms with Gasteiger partial charge in [0.15, 0.2) is 36.5 Å². The predicted octanol–water partition coefficient (Wildman–Crippen LogP) is -2.46. The van der Waals surface area contributed by atoms with Crippen LogP contribution in [-0.4, -0.2) is 0 Å². The Labute approximate surface area is 454 Å². The van der Waals surface area contributed by atoms with Gasteiger partial charge in [-0.2, -0.15) is 0 Å². The summed E-state index contributed by atoms with van der Waals surface area (Å²) in [5.41, 5.74) is 16.0. The van der Waals surface area contributed by atoms with Crippen LogP contribution in [0.15, 0.2) is 199 Å². The molecule has 0 radical (unpaired) electrons. The lowest BCUT2D eigenvalue weighted by Crippen LogP contribution is -3.61. The fourth-order valence-corrected chi connectivity index (χ4v) is 14.8. The topological polar surface area (TPSA) is 277 Å². The maximum Gasteiger partial charge on any atom is 0.357 e. The van der Waals surface area contributed by atoms with Crippen molar-refractivity contribution in [3.05, 3.63) is 222 Å². The van der Waals surface area contributed by atoms with E-state index < -0.39 is 30.7 Å². The van der Waals surface area contributed by atoms with Gasteiger partial charge in [0.05, 0.1) is 21.8 Å². The van der Waals surface area contributed by atoms with Gasteiger partial charge >= 0.3 is 21.2 Å². The zero-order valence-electron chi connectivity index (χ0n) is 41.4. The van der Waals surface area contributed by atoms with Crippen LogP contribution in [0.5, 0.6) is 0 Å². The Hall–Kier alpha value is -4.42. The fourth-order valence-electron chi connectivity index (χ4n) is 7.63. The molecule has 0 aromatic heterocycles. The first-order valence-corrected chi connectivity index (χ1v) is 30.5. The second kappa shape index (κ2) is 26.6. The van der Waals surface area contributed by atoms with Gasteiger partial charge in [0.1, 0.15) is 0 Å². The quantitative estimate of drug-likeness (QED) is 0.102. The maximum atomic E-state index is 8.49. The van der Waals surface area contributed by atoms with Crippen LogP contribution in [0.25, 0.3) is 22.3 Å². The Kier molecular flexibility index (Phi) is 21.7. The molecule has 0 aliphatic carbocycles. The first kappa shape index (κ1) is 60.4. The zero-order valence-corrected chi connectivity index (χ0v) is 47.5. The highest BCUT2D eigenvalue weighted by Gasteiger charge is 2.34. The van der Waals surface area contributed by atoms with Gasteiger partial charge in [0.2, 0.25) is 0 Å². The smallest absolute Gasteiger partial charge is 0.222 e. The number of benzene rings is 8. The summed E-state index contributed by atoms with van der Waals surface area (Å²) in [6.07, 6.45) is 0. The minimum absolute atomic E-state index is 0.180. The summed E-state index contributed by atoms with van der Waals surface area (Å²) in [4.78, 5) is 8.37. The lowest BCUT2D eigenvalue weighted by atomic mass is 10.1. The van der Waals surface area contributed by atoms with Crippen LogP contribution in [0.1, 0.15) is 44.5 Å². The summed E-state index contributed by atoms with van der Waals surface area (Å²) in [5, 5.41) is 0. The zero-order chi connectivity index (χ0) is 54.7. The van der Waals surface area contributed by atoms with Crippen molar-refractivity contribution in [3.63, 3.8) is 0 Å². The average Bonchev–Trinajstić information content (AvgIpc) is 3.31. The molecule has 0 aliphatic rings. The molecule has 0 spiro atoms. The molecule has 0 unspecified atom stereocenters. The molecule has 388 valence electrons. The molecule has 0 aliphatic heterocycles. The maximum absolute atomic E-state index is 8.49. The van der Waals surface area contributed by atoms with Crippen molar-refractivity contribution in [1.82, 2.24) is 0 Å². The van der Waals surface area contributed by atoms with E-state index in [0.717, 1.165) is 0 Å². The number of halogens is 4. The van der Waals surface area contributed by atoms with E-state index in [9.17, 15) is 0 Å². The van der Waals surface area contributed by atoms with Gasteiger partial charge in [0, 0.05) is 22.3 Å². The Bertz CT molecular complexity index is 2770. The molecule has 0 atom stereocenters. The minimum Gasteiger partial charge on any atom is -0.222 e. The average molecular weight is 1210 g/mol. The molecule has 8 aromatic carbocycles. The predicted molar refractivity (Wildman–Crippen MR) is 249 cm³/mol. The summed E-state index contributed by atoms with van der Waals surface area (Å²) in [6, 6.07) is 64.3. The van der Waals surface area contributed by atoms with Crippen LogP contribution in [0.2, 0.25) is 0 Å². The van der Waals surface area contributed by atoms with Crippen molar-refractivity contribution in [3.8, 4) is 22.3 Å². The summed E-state index contributed by atoms with van der Waals surface area (Å²) < 4.78 is 105. The van der Waals surface area contributed by atoms with Crippen molar-refractivity contribution in [2.75, 3.05) is 0 Å². The molecular formula is C56H52Cl3IO12S2. The Morgan fingerprint density at radius 2 is 0.459 bits per heavy atom. The van der Waals surface area contributed by atoms with Crippen LogP contribution in [0, 0.1) is 93.3 Å². The number of hydrogen-bond acceptors (Lipinski definition) is 12. The first-order chi connectivity index (χ1) is 34.6. The van der Waals surface area contributed by atoms with Crippen LogP contribution in [-0.2, 0) is 21.8 Å². The van der Waals surface area contributed by atoms with Crippen LogP contribution < -0.4 is 77.1 Å². The highest BCUT2D eigenvalue weighted by molar-refractivity contribution is 7.97. The lowest BCUT2D eigenvalue weighted by molar-refractivity contribution is -2.00. The molecule has 0 amide bonds. The van der Waals surface area contributed by atoms with Gasteiger partial charge in [-0.15, -0.1) is 30.7 Å². The summed E-state index contributed by atoms with van der Waals surface area (Å²) in [7, 11) is -15.2. The molecule has 74 heavy (non-hydrogen) atoms. The molecule has 0 heterocycles. The Morgan fingerprint density at radius 3 is 0.662 bits per heavy atom. The third-order valence-electron chi connectivity index (χ3n) is 11.9. The Morgan fingerprint density at radius 1 is 0.270 bits per heavy atom. The highest BCUT2D eigenvalue weighted by Crippen LogP contribution is 2.39. The van der Waals surface area contributed by atoms with E-state index in [1.54, 1.807) is 0 Å². The largest absolute Gasteiger partial charge is 0.357 e. The van der Waals surface area contributed by atoms with E-state index >= 15 is 0 Å². The molecule has 12 nitrogen and oxygen atoms in total. The molecule has 0 bridgehead atoms. The third kappa shape index (κ3) is 18.4. The molecule has 0 saturated heterocycles. The monoisotopic (exact) mass is 1210 g/mol. The first-order valence-electron chi connectivity index (χ1n) is 22.2. The number of hydrogen-bond donors (Lipinski definition) is 0. The summed E-state index contributed by atoms with van der Waals surface area (Å²) in [6.45, 7) is 18.0. The molecule has 0 N–H and O–H groups in total. The van der Waals surface area contributed by atoms with E-state index in [4.69, 9.17) is 55.9 Å². The highest BCUT2D eigenvalue weighted by atomic mass is 127. The van der Waals surface area contributed by atoms with E-state index in [1.165, 1.54) is 103 Å². The van der Waals surface area contributed by atoms with Crippen LogP contribution in [0.4, 0.5) is 0 Å². The number of rotatable bonds is 10. The molecule has 0 fully saturated rings. The second-order valence-corrected chi connectivity index (χ2v) is 25.9. The molecule has 8 rings (SSSR count). The normalized spacial score (nSPS) is 11.5. The molecule has 0 saturated carbocycles. The van der Waals surface area contributed by atoms with Crippen molar-refractivity contribution in [2.24, 2.45) is 0 Å². The lowest BCUT2D eigenvalue weighted by Gasteiger charge is -2.17. The number of aryl methyl sites for hydroxylation is 4. The fraction of sp³-hybridized carbons (Fsp3) is 0.143. The SMILES string of the molecule is Cc1cccc([S+](c2ccc(-c3ccc([I+]c4ccc(-c5ccc([S+](c6cccc(C)c6C)c6cccc(C)c6C)cc5)cc4)cc3)cc2)c2cccc(C)c2C)c1C.[O-][Cl+3]([O-])([O-])[O-].[O-][Cl+3]([O-])([O-])[O-].[O-][Cl+3]([O-])([O-])[O-]. The van der Waals surface area contributed by atoms with E-state index in [-0.39, 0.29) is 43.0 Å². The molecule has 18 heteroatoms. The molecular weight excluding hydrogens is 1160 g/mol. The van der Waals surface area contributed by atoms with Gasteiger partial charge in [-0.25, -0.2) is 55.9 Å². The van der Waals surface area contributed by atoms with E-state index in [2.05, 4.69) is 225 Å².